The van der Waals surface area contributed by atoms with Gasteiger partial charge in [-0.1, -0.05) is 19.4 Å². The van der Waals surface area contributed by atoms with Crippen LogP contribution in [0.15, 0.2) is 18.2 Å². The molecule has 1 saturated heterocycles. The molecule has 0 aliphatic carbocycles. The van der Waals surface area contributed by atoms with Crippen LogP contribution < -0.4 is 9.47 Å². The Morgan fingerprint density at radius 1 is 1.24 bits per heavy atom. The van der Waals surface area contributed by atoms with Crippen molar-refractivity contribution in [2.45, 2.75) is 38.7 Å². The zero-order valence-corrected chi connectivity index (χ0v) is 13.1. The van der Waals surface area contributed by atoms with Gasteiger partial charge in [0.15, 0.2) is 0 Å². The fourth-order valence-corrected chi connectivity index (χ4v) is 2.44. The summed E-state index contributed by atoms with van der Waals surface area (Å²) < 4.78 is 22.2. The second-order valence-electron chi connectivity index (χ2n) is 5.31. The van der Waals surface area contributed by atoms with Gasteiger partial charge in [0, 0.05) is 19.8 Å². The molecule has 0 bridgehead atoms. The summed E-state index contributed by atoms with van der Waals surface area (Å²) in [5.41, 5.74) is 1.23. The minimum atomic E-state index is 0.234. The first kappa shape index (κ1) is 16.1. The third-order valence-corrected chi connectivity index (χ3v) is 3.56. The average molecular weight is 294 g/mol. The van der Waals surface area contributed by atoms with Crippen molar-refractivity contribution in [1.82, 2.24) is 0 Å². The van der Waals surface area contributed by atoms with Crippen molar-refractivity contribution in [3.8, 4) is 11.5 Å². The third-order valence-electron chi connectivity index (χ3n) is 3.56. The van der Waals surface area contributed by atoms with Crippen molar-refractivity contribution in [1.29, 1.82) is 0 Å². The quantitative estimate of drug-likeness (QED) is 0.655. The van der Waals surface area contributed by atoms with E-state index in [1.54, 1.807) is 7.11 Å². The molecule has 1 aliphatic rings. The summed E-state index contributed by atoms with van der Waals surface area (Å²) in [6.07, 6.45) is 4.57. The summed E-state index contributed by atoms with van der Waals surface area (Å²) in [7, 11) is 1.67. The molecule has 118 valence electrons. The van der Waals surface area contributed by atoms with Crippen LogP contribution in [0.5, 0.6) is 11.5 Å². The topological polar surface area (TPSA) is 36.9 Å². The molecule has 1 heterocycles. The van der Waals surface area contributed by atoms with Gasteiger partial charge in [0.2, 0.25) is 0 Å². The molecule has 1 aromatic carbocycles. The fourth-order valence-electron chi connectivity index (χ4n) is 2.44. The van der Waals surface area contributed by atoms with Crippen molar-refractivity contribution in [3.05, 3.63) is 23.8 Å². The maximum Gasteiger partial charge on any atom is 0.126 e. The fraction of sp³-hybridized carbons (Fsp3) is 0.647. The van der Waals surface area contributed by atoms with Crippen LogP contribution in [0.1, 0.15) is 31.7 Å². The van der Waals surface area contributed by atoms with E-state index >= 15 is 0 Å². The Bertz CT molecular complexity index is 413. The number of benzene rings is 1. The second-order valence-corrected chi connectivity index (χ2v) is 5.31. The standard InChI is InChI=1S/C17H26O4/c1-3-5-14-7-8-15(20-11-10-18-2)12-17(14)21-13-16-6-4-9-19-16/h7-8,12,16H,3-6,9-11,13H2,1-2H3. The monoisotopic (exact) mass is 294 g/mol. The SMILES string of the molecule is CCCc1ccc(OCCOC)cc1OCC1CCCO1. The zero-order chi connectivity index (χ0) is 14.9. The molecule has 2 rings (SSSR count). The van der Waals surface area contributed by atoms with Crippen molar-refractivity contribution in [2.75, 3.05) is 33.5 Å². The molecule has 4 nitrogen and oxygen atoms in total. The van der Waals surface area contributed by atoms with Gasteiger partial charge in [-0.15, -0.1) is 0 Å². The van der Waals surface area contributed by atoms with E-state index in [0.717, 1.165) is 43.8 Å². The van der Waals surface area contributed by atoms with Gasteiger partial charge >= 0.3 is 0 Å². The summed E-state index contributed by atoms with van der Waals surface area (Å²) in [5.74, 6) is 1.75. The molecule has 1 unspecified atom stereocenters. The van der Waals surface area contributed by atoms with Gasteiger partial charge in [-0.25, -0.2) is 0 Å². The normalized spacial score (nSPS) is 17.9. The minimum Gasteiger partial charge on any atom is -0.491 e. The molecule has 0 saturated carbocycles. The highest BCUT2D eigenvalue weighted by molar-refractivity contribution is 5.41. The Morgan fingerprint density at radius 2 is 2.14 bits per heavy atom. The molecule has 0 amide bonds. The Labute approximate surface area is 127 Å². The van der Waals surface area contributed by atoms with E-state index in [4.69, 9.17) is 18.9 Å². The smallest absolute Gasteiger partial charge is 0.126 e. The lowest BCUT2D eigenvalue weighted by Gasteiger charge is -2.16. The molecule has 0 N–H and O–H groups in total. The van der Waals surface area contributed by atoms with Crippen LogP contribution in [0.3, 0.4) is 0 Å². The van der Waals surface area contributed by atoms with Gasteiger partial charge in [0.05, 0.1) is 12.7 Å². The van der Waals surface area contributed by atoms with Crippen molar-refractivity contribution in [3.63, 3.8) is 0 Å². The Hall–Kier alpha value is -1.26. The van der Waals surface area contributed by atoms with Gasteiger partial charge in [0.25, 0.3) is 0 Å². The highest BCUT2D eigenvalue weighted by Gasteiger charge is 2.17. The number of aryl methyl sites for hydroxylation is 1. The van der Waals surface area contributed by atoms with Gasteiger partial charge < -0.3 is 18.9 Å². The predicted molar refractivity (Wildman–Crippen MR) is 82.3 cm³/mol. The van der Waals surface area contributed by atoms with Crippen LogP contribution >= 0.6 is 0 Å². The maximum atomic E-state index is 5.98. The van der Waals surface area contributed by atoms with E-state index in [0.29, 0.717) is 19.8 Å². The molecular formula is C17H26O4. The third kappa shape index (κ3) is 5.21. The Kier molecular flexibility index (Phi) is 6.83. The number of hydrogen-bond donors (Lipinski definition) is 0. The molecule has 1 atom stereocenters. The first-order valence-electron chi connectivity index (χ1n) is 7.82. The van der Waals surface area contributed by atoms with Crippen molar-refractivity contribution >= 4 is 0 Å². The number of ether oxygens (including phenoxy) is 4. The summed E-state index contributed by atoms with van der Waals surface area (Å²) >= 11 is 0. The van der Waals surface area contributed by atoms with E-state index in [9.17, 15) is 0 Å². The minimum absolute atomic E-state index is 0.234. The highest BCUT2D eigenvalue weighted by Crippen LogP contribution is 2.27. The van der Waals surface area contributed by atoms with Crippen LogP contribution in [0.25, 0.3) is 0 Å². The molecule has 0 aromatic heterocycles. The van der Waals surface area contributed by atoms with Crippen LogP contribution in [0.4, 0.5) is 0 Å². The highest BCUT2D eigenvalue weighted by atomic mass is 16.5. The Morgan fingerprint density at radius 3 is 2.86 bits per heavy atom. The second kappa shape index (κ2) is 8.90. The molecule has 0 radical (unpaired) electrons. The van der Waals surface area contributed by atoms with Crippen molar-refractivity contribution < 1.29 is 18.9 Å². The zero-order valence-electron chi connectivity index (χ0n) is 13.1. The van der Waals surface area contributed by atoms with Gasteiger partial charge in [0.1, 0.15) is 24.7 Å². The van der Waals surface area contributed by atoms with E-state index in [1.165, 1.54) is 5.56 Å². The first-order chi connectivity index (χ1) is 10.3. The lowest BCUT2D eigenvalue weighted by molar-refractivity contribution is 0.0674. The molecule has 0 spiro atoms. The lowest BCUT2D eigenvalue weighted by Crippen LogP contribution is -2.17. The number of methoxy groups -OCH3 is 1. The van der Waals surface area contributed by atoms with E-state index < -0.39 is 0 Å². The van der Waals surface area contributed by atoms with Gasteiger partial charge in [-0.05, 0) is 30.9 Å². The first-order valence-corrected chi connectivity index (χ1v) is 7.82. The number of rotatable bonds is 9. The summed E-state index contributed by atoms with van der Waals surface area (Å²) in [6.45, 7) is 4.79. The average Bonchev–Trinajstić information content (AvgIpc) is 3.01. The predicted octanol–water partition coefficient (Wildman–Crippen LogP) is 3.22. The summed E-state index contributed by atoms with van der Waals surface area (Å²) in [4.78, 5) is 0. The van der Waals surface area contributed by atoms with E-state index in [1.807, 2.05) is 12.1 Å². The van der Waals surface area contributed by atoms with E-state index in [2.05, 4.69) is 13.0 Å². The molecule has 4 heteroatoms. The Balaban J connectivity index is 1.97. The largest absolute Gasteiger partial charge is 0.491 e. The molecule has 1 fully saturated rings. The van der Waals surface area contributed by atoms with Gasteiger partial charge in [-0.3, -0.25) is 0 Å². The van der Waals surface area contributed by atoms with Gasteiger partial charge in [-0.2, -0.15) is 0 Å². The van der Waals surface area contributed by atoms with Crippen molar-refractivity contribution in [2.24, 2.45) is 0 Å². The number of hydrogen-bond acceptors (Lipinski definition) is 4. The molecular weight excluding hydrogens is 268 g/mol. The molecule has 1 aromatic rings. The lowest BCUT2D eigenvalue weighted by atomic mass is 10.1. The van der Waals surface area contributed by atoms with Crippen LogP contribution in [-0.2, 0) is 15.9 Å². The molecule has 21 heavy (non-hydrogen) atoms. The van der Waals surface area contributed by atoms with Crippen LogP contribution in [0.2, 0.25) is 0 Å². The molecule has 1 aliphatic heterocycles. The summed E-state index contributed by atoms with van der Waals surface area (Å²) in [5, 5.41) is 0. The summed E-state index contributed by atoms with van der Waals surface area (Å²) in [6, 6.07) is 6.08. The van der Waals surface area contributed by atoms with Crippen LogP contribution in [-0.4, -0.2) is 39.6 Å². The van der Waals surface area contributed by atoms with Crippen LogP contribution in [0, 0.1) is 0 Å². The van der Waals surface area contributed by atoms with E-state index in [-0.39, 0.29) is 6.10 Å². The maximum absolute atomic E-state index is 5.98.